The molecule has 1 rings (SSSR count). The van der Waals surface area contributed by atoms with Crippen LogP contribution >= 0.6 is 0 Å². The number of ketones is 1. The summed E-state index contributed by atoms with van der Waals surface area (Å²) in [5.41, 5.74) is 4.50. The molecule has 1 atom stereocenters. The summed E-state index contributed by atoms with van der Waals surface area (Å²) in [7, 11) is 1.50. The number of hydrogen-bond acceptors (Lipinski definition) is 2. The number of carbonyl (C=O) groups excluding carboxylic acids is 1. The van der Waals surface area contributed by atoms with Gasteiger partial charge in [-0.1, -0.05) is 6.08 Å². The van der Waals surface area contributed by atoms with Crippen molar-refractivity contribution in [2.75, 3.05) is 7.05 Å². The van der Waals surface area contributed by atoms with Crippen LogP contribution in [0.5, 0.6) is 0 Å². The molecule has 2 nitrogen and oxygen atoms in total. The van der Waals surface area contributed by atoms with Crippen molar-refractivity contribution in [2.24, 2.45) is 11.7 Å². The average Bonchev–Trinajstić information content (AvgIpc) is 2.42. The fourth-order valence-corrected chi connectivity index (χ4v) is 1.34. The van der Waals surface area contributed by atoms with Crippen LogP contribution in [-0.4, -0.2) is 12.8 Å². The normalized spacial score (nSPS) is 22.4. The molecule has 0 spiro atoms. The molecule has 2 N–H and O–H groups in total. The van der Waals surface area contributed by atoms with Crippen LogP contribution in [-0.2, 0) is 4.79 Å². The maximum absolute atomic E-state index is 10.9. The Morgan fingerprint density at radius 2 is 2.36 bits per heavy atom. The third kappa shape index (κ3) is 3.33. The molecule has 0 aromatic carbocycles. The largest absolute Gasteiger partial charge is 0.333 e. The highest BCUT2D eigenvalue weighted by Crippen LogP contribution is 2.23. The minimum Gasteiger partial charge on any atom is -0.333 e. The molecular formula is C9H17NO. The van der Waals surface area contributed by atoms with Gasteiger partial charge in [-0.3, -0.25) is 4.79 Å². The summed E-state index contributed by atoms with van der Waals surface area (Å²) in [5.74, 6) is 0.761. The highest BCUT2D eigenvalue weighted by molar-refractivity contribution is 5.82. The molecule has 1 fully saturated rings. The summed E-state index contributed by atoms with van der Waals surface area (Å²) >= 11 is 0. The van der Waals surface area contributed by atoms with Crippen LogP contribution in [0.25, 0.3) is 0 Å². The first-order chi connectivity index (χ1) is 5.34. The van der Waals surface area contributed by atoms with Gasteiger partial charge in [0.1, 0.15) is 5.78 Å². The van der Waals surface area contributed by atoms with E-state index in [-0.39, 0.29) is 0 Å². The van der Waals surface area contributed by atoms with E-state index in [2.05, 4.69) is 12.3 Å². The molecule has 0 amide bonds. The Hall–Kier alpha value is -0.630. The van der Waals surface area contributed by atoms with Crippen molar-refractivity contribution in [3.05, 3.63) is 12.7 Å². The van der Waals surface area contributed by atoms with Gasteiger partial charge in [-0.05, 0) is 26.3 Å². The average molecular weight is 155 g/mol. The van der Waals surface area contributed by atoms with E-state index >= 15 is 0 Å². The fraction of sp³-hybridized carbons (Fsp3) is 0.667. The van der Waals surface area contributed by atoms with E-state index in [0.717, 1.165) is 25.7 Å². The van der Waals surface area contributed by atoms with E-state index in [1.807, 2.05) is 6.08 Å². The molecule has 1 saturated carbocycles. The maximum Gasteiger partial charge on any atom is 0.136 e. The lowest BCUT2D eigenvalue weighted by Gasteiger charge is -2.00. The number of hydrogen-bond donors (Lipinski definition) is 1. The van der Waals surface area contributed by atoms with Crippen LogP contribution in [0.15, 0.2) is 12.7 Å². The highest BCUT2D eigenvalue weighted by Gasteiger charge is 2.22. The van der Waals surface area contributed by atoms with Crippen LogP contribution < -0.4 is 5.73 Å². The van der Waals surface area contributed by atoms with E-state index in [1.54, 1.807) is 0 Å². The van der Waals surface area contributed by atoms with Gasteiger partial charge >= 0.3 is 0 Å². The molecule has 11 heavy (non-hydrogen) atoms. The van der Waals surface area contributed by atoms with Crippen molar-refractivity contribution in [1.29, 1.82) is 0 Å². The predicted molar refractivity (Wildman–Crippen MR) is 47.3 cm³/mol. The standard InChI is InChI=1S/C8H12O.CH5N/c1-2-4-7-5-3-6-8(7)9;1-2/h2,7H,1,3-6H2;2H2,1H3. The molecule has 2 heteroatoms. The van der Waals surface area contributed by atoms with Crippen LogP contribution in [0.1, 0.15) is 25.7 Å². The van der Waals surface area contributed by atoms with E-state index in [0.29, 0.717) is 11.7 Å². The Kier molecular flexibility index (Phi) is 5.75. The summed E-state index contributed by atoms with van der Waals surface area (Å²) in [6.45, 7) is 3.61. The zero-order valence-electron chi connectivity index (χ0n) is 7.18. The highest BCUT2D eigenvalue weighted by atomic mass is 16.1. The second kappa shape index (κ2) is 6.10. The first-order valence-corrected chi connectivity index (χ1v) is 4.06. The van der Waals surface area contributed by atoms with Crippen molar-refractivity contribution in [3.63, 3.8) is 0 Å². The van der Waals surface area contributed by atoms with E-state index < -0.39 is 0 Å². The van der Waals surface area contributed by atoms with Gasteiger partial charge in [0.25, 0.3) is 0 Å². The fourth-order valence-electron chi connectivity index (χ4n) is 1.34. The number of nitrogens with two attached hydrogens (primary N) is 1. The number of Topliss-reactive ketones (excluding diaryl/α,β-unsaturated/α-hetero) is 1. The summed E-state index contributed by atoms with van der Waals surface area (Å²) in [6.07, 6.45) is 5.72. The summed E-state index contributed by atoms with van der Waals surface area (Å²) in [6, 6.07) is 0. The zero-order valence-corrected chi connectivity index (χ0v) is 7.18. The van der Waals surface area contributed by atoms with Crippen LogP contribution in [0.4, 0.5) is 0 Å². The van der Waals surface area contributed by atoms with Gasteiger partial charge in [-0.15, -0.1) is 6.58 Å². The van der Waals surface area contributed by atoms with Crippen molar-refractivity contribution in [3.8, 4) is 0 Å². The van der Waals surface area contributed by atoms with E-state index in [1.165, 1.54) is 7.05 Å². The topological polar surface area (TPSA) is 43.1 Å². The number of carbonyl (C=O) groups is 1. The molecule has 1 aliphatic rings. The maximum atomic E-state index is 10.9. The summed E-state index contributed by atoms with van der Waals surface area (Å²) in [5, 5.41) is 0. The van der Waals surface area contributed by atoms with Crippen LogP contribution in [0.2, 0.25) is 0 Å². The quantitative estimate of drug-likeness (QED) is 0.614. The Morgan fingerprint density at radius 3 is 2.73 bits per heavy atom. The lowest BCUT2D eigenvalue weighted by atomic mass is 10.0. The van der Waals surface area contributed by atoms with Gasteiger partial charge in [0.2, 0.25) is 0 Å². The lowest BCUT2D eigenvalue weighted by Crippen LogP contribution is -2.03. The third-order valence-corrected chi connectivity index (χ3v) is 1.88. The van der Waals surface area contributed by atoms with Crippen LogP contribution in [0.3, 0.4) is 0 Å². The molecule has 0 heterocycles. The second-order valence-corrected chi connectivity index (χ2v) is 2.58. The van der Waals surface area contributed by atoms with Gasteiger partial charge in [0.15, 0.2) is 0 Å². The Balaban J connectivity index is 0.000000461. The molecule has 0 aromatic heterocycles. The molecule has 1 aliphatic carbocycles. The van der Waals surface area contributed by atoms with Gasteiger partial charge in [-0.2, -0.15) is 0 Å². The number of rotatable bonds is 2. The van der Waals surface area contributed by atoms with Gasteiger partial charge < -0.3 is 5.73 Å². The predicted octanol–water partition coefficient (Wildman–Crippen LogP) is 1.51. The molecule has 0 bridgehead atoms. The molecule has 64 valence electrons. The van der Waals surface area contributed by atoms with Gasteiger partial charge in [-0.25, -0.2) is 0 Å². The van der Waals surface area contributed by atoms with E-state index in [4.69, 9.17) is 0 Å². The molecule has 0 aromatic rings. The minimum atomic E-state index is 0.322. The first kappa shape index (κ1) is 10.4. The second-order valence-electron chi connectivity index (χ2n) is 2.58. The van der Waals surface area contributed by atoms with Crippen molar-refractivity contribution in [1.82, 2.24) is 0 Å². The Labute approximate surface area is 68.5 Å². The molecule has 0 saturated heterocycles. The monoisotopic (exact) mass is 155 g/mol. The van der Waals surface area contributed by atoms with Crippen molar-refractivity contribution >= 4 is 5.78 Å². The number of allylic oxidation sites excluding steroid dienone is 1. The first-order valence-electron chi connectivity index (χ1n) is 4.06. The summed E-state index contributed by atoms with van der Waals surface area (Å²) in [4.78, 5) is 10.9. The molecule has 0 aliphatic heterocycles. The zero-order chi connectivity index (χ0) is 8.69. The van der Waals surface area contributed by atoms with Crippen molar-refractivity contribution in [2.45, 2.75) is 25.7 Å². The van der Waals surface area contributed by atoms with Crippen molar-refractivity contribution < 1.29 is 4.79 Å². The van der Waals surface area contributed by atoms with Gasteiger partial charge in [0.05, 0.1) is 0 Å². The third-order valence-electron chi connectivity index (χ3n) is 1.88. The van der Waals surface area contributed by atoms with Crippen LogP contribution in [0, 0.1) is 5.92 Å². The lowest BCUT2D eigenvalue weighted by molar-refractivity contribution is -0.120. The molecule has 1 unspecified atom stereocenters. The molecular weight excluding hydrogens is 138 g/mol. The van der Waals surface area contributed by atoms with E-state index in [9.17, 15) is 4.79 Å². The van der Waals surface area contributed by atoms with Gasteiger partial charge in [0, 0.05) is 12.3 Å². The Morgan fingerprint density at radius 1 is 1.73 bits per heavy atom. The summed E-state index contributed by atoms with van der Waals surface area (Å²) < 4.78 is 0. The minimum absolute atomic E-state index is 0.322. The smallest absolute Gasteiger partial charge is 0.136 e. The molecule has 0 radical (unpaired) electrons. The Bertz CT molecular complexity index is 132. The SMILES string of the molecule is C=CCC1CCCC1=O.CN.